The number of carboxylic acids is 1. The summed E-state index contributed by atoms with van der Waals surface area (Å²) in [5.41, 5.74) is 2.15. The van der Waals surface area contributed by atoms with Crippen LogP contribution in [0.2, 0.25) is 0 Å². The zero-order valence-corrected chi connectivity index (χ0v) is 17.0. The second-order valence-electron chi connectivity index (χ2n) is 6.91. The molecule has 0 radical (unpaired) electrons. The van der Waals surface area contributed by atoms with Gasteiger partial charge in [0.1, 0.15) is 17.6 Å². The quantitative estimate of drug-likeness (QED) is 0.463. The lowest BCUT2D eigenvalue weighted by molar-refractivity contribution is -0.139. The highest BCUT2D eigenvalue weighted by molar-refractivity contribution is 5.93. The van der Waals surface area contributed by atoms with Crippen LogP contribution < -0.4 is 10.6 Å². The van der Waals surface area contributed by atoms with Crippen molar-refractivity contribution in [3.8, 4) is 11.4 Å². The molecule has 0 fully saturated rings. The van der Waals surface area contributed by atoms with E-state index in [4.69, 9.17) is 5.11 Å². The molecule has 0 bridgehead atoms. The largest absolute Gasteiger partial charge is 0.480 e. The molecule has 3 rings (SSSR count). The van der Waals surface area contributed by atoms with E-state index >= 15 is 0 Å². The molecule has 1 amide bonds. The van der Waals surface area contributed by atoms with Crippen LogP contribution >= 0.6 is 0 Å². The van der Waals surface area contributed by atoms with E-state index in [9.17, 15) is 14.0 Å². The molecule has 1 aromatic carbocycles. The number of pyridine rings is 1. The van der Waals surface area contributed by atoms with Crippen molar-refractivity contribution >= 4 is 11.9 Å². The maximum atomic E-state index is 13.0. The van der Waals surface area contributed by atoms with Crippen LogP contribution in [0.4, 0.5) is 4.39 Å². The summed E-state index contributed by atoms with van der Waals surface area (Å²) in [7, 11) is 0. The Morgan fingerprint density at radius 3 is 2.68 bits per heavy atom. The summed E-state index contributed by atoms with van der Waals surface area (Å²) in [4.78, 5) is 28.9. The Morgan fingerprint density at radius 2 is 1.97 bits per heavy atom. The number of halogens is 1. The Labute approximate surface area is 177 Å². The van der Waals surface area contributed by atoms with Crippen LogP contribution in [0.3, 0.4) is 0 Å². The molecule has 2 aromatic heterocycles. The number of nitrogens with one attached hydrogen (secondary N) is 2. The number of rotatable bonds is 9. The van der Waals surface area contributed by atoms with Gasteiger partial charge in [0.2, 0.25) is 5.82 Å². The molecule has 2 heterocycles. The van der Waals surface area contributed by atoms with Crippen molar-refractivity contribution in [2.24, 2.45) is 0 Å². The Balaban J connectivity index is 1.65. The van der Waals surface area contributed by atoms with Crippen molar-refractivity contribution in [1.29, 1.82) is 0 Å². The van der Waals surface area contributed by atoms with E-state index in [1.54, 1.807) is 38.1 Å². The number of tetrazole rings is 1. The summed E-state index contributed by atoms with van der Waals surface area (Å²) in [6, 6.07) is 8.48. The normalized spacial score (nSPS) is 11.8. The number of hydrogen-bond donors (Lipinski definition) is 3. The average Bonchev–Trinajstić information content (AvgIpc) is 3.21. The van der Waals surface area contributed by atoms with E-state index < -0.39 is 12.0 Å². The number of benzene rings is 1. The standard InChI is InChI=1S/C20H22FN7O3/c1-12-9-15(18-25-27-28(26-18)8-7-22-13(2)20(30)31)10-17(24-12)19(29)23-11-14-3-5-16(21)6-4-14/h3-6,9-10,13,22H,7-8,11H2,1-2H3,(H,23,29)(H,30,31). The van der Waals surface area contributed by atoms with E-state index in [2.05, 4.69) is 31.0 Å². The van der Waals surface area contributed by atoms with Gasteiger partial charge in [0.15, 0.2) is 0 Å². The second-order valence-corrected chi connectivity index (χ2v) is 6.91. The number of hydrogen-bond acceptors (Lipinski definition) is 7. The van der Waals surface area contributed by atoms with Gasteiger partial charge in [0.05, 0.1) is 6.54 Å². The fourth-order valence-electron chi connectivity index (χ4n) is 2.71. The SMILES string of the molecule is Cc1cc(-c2nnn(CCNC(C)C(=O)O)n2)cc(C(=O)NCc2ccc(F)cc2)n1. The molecule has 0 aliphatic carbocycles. The molecule has 0 aliphatic heterocycles. The average molecular weight is 427 g/mol. The third kappa shape index (κ3) is 6.12. The molecule has 0 aliphatic rings. The molecule has 0 saturated heterocycles. The van der Waals surface area contributed by atoms with E-state index in [1.165, 1.54) is 16.9 Å². The highest BCUT2D eigenvalue weighted by Crippen LogP contribution is 2.16. The third-order valence-corrected chi connectivity index (χ3v) is 4.40. The maximum absolute atomic E-state index is 13.0. The van der Waals surface area contributed by atoms with E-state index in [0.717, 1.165) is 5.56 Å². The van der Waals surface area contributed by atoms with Gasteiger partial charge < -0.3 is 15.7 Å². The second kappa shape index (κ2) is 9.85. The van der Waals surface area contributed by atoms with Crippen LogP contribution in [0.25, 0.3) is 11.4 Å². The minimum absolute atomic E-state index is 0.199. The minimum atomic E-state index is -0.940. The van der Waals surface area contributed by atoms with Crippen molar-refractivity contribution in [2.45, 2.75) is 33.0 Å². The van der Waals surface area contributed by atoms with Gasteiger partial charge >= 0.3 is 5.97 Å². The van der Waals surface area contributed by atoms with Gasteiger partial charge in [0, 0.05) is 24.3 Å². The van der Waals surface area contributed by atoms with Crippen LogP contribution in [-0.2, 0) is 17.9 Å². The molecule has 3 N–H and O–H groups in total. The number of aromatic nitrogens is 5. The summed E-state index contributed by atoms with van der Waals surface area (Å²) in [5, 5.41) is 26.7. The highest BCUT2D eigenvalue weighted by Gasteiger charge is 2.14. The lowest BCUT2D eigenvalue weighted by atomic mass is 10.1. The van der Waals surface area contributed by atoms with E-state index in [0.29, 0.717) is 30.2 Å². The summed E-state index contributed by atoms with van der Waals surface area (Å²) in [6.07, 6.45) is 0. The van der Waals surface area contributed by atoms with Crippen LogP contribution in [0.15, 0.2) is 36.4 Å². The fraction of sp³-hybridized carbons (Fsp3) is 0.300. The van der Waals surface area contributed by atoms with Crippen molar-refractivity contribution in [1.82, 2.24) is 35.8 Å². The van der Waals surface area contributed by atoms with Gasteiger partial charge in [-0.05, 0) is 48.9 Å². The Hall–Kier alpha value is -3.73. The van der Waals surface area contributed by atoms with E-state index in [1.807, 2.05) is 0 Å². The molecule has 1 unspecified atom stereocenters. The number of carbonyl (C=O) groups is 2. The maximum Gasteiger partial charge on any atom is 0.320 e. The number of amides is 1. The van der Waals surface area contributed by atoms with Crippen molar-refractivity contribution in [2.75, 3.05) is 6.54 Å². The first-order chi connectivity index (χ1) is 14.8. The van der Waals surface area contributed by atoms with E-state index in [-0.39, 0.29) is 24.0 Å². The molecular formula is C20H22FN7O3. The lowest BCUT2D eigenvalue weighted by Crippen LogP contribution is -2.36. The van der Waals surface area contributed by atoms with Crippen LogP contribution in [0, 0.1) is 12.7 Å². The Morgan fingerprint density at radius 1 is 1.23 bits per heavy atom. The van der Waals surface area contributed by atoms with Gasteiger partial charge in [-0.1, -0.05) is 12.1 Å². The molecule has 10 nitrogen and oxygen atoms in total. The summed E-state index contributed by atoms with van der Waals surface area (Å²) < 4.78 is 13.0. The summed E-state index contributed by atoms with van der Waals surface area (Å²) in [6.45, 7) is 4.22. The van der Waals surface area contributed by atoms with Gasteiger partial charge in [-0.25, -0.2) is 9.37 Å². The number of carbonyl (C=O) groups excluding carboxylic acids is 1. The highest BCUT2D eigenvalue weighted by atomic mass is 19.1. The predicted octanol–water partition coefficient (Wildman–Crippen LogP) is 1.18. The Bertz CT molecular complexity index is 1070. The zero-order chi connectivity index (χ0) is 22.4. The van der Waals surface area contributed by atoms with Gasteiger partial charge in [-0.2, -0.15) is 4.80 Å². The van der Waals surface area contributed by atoms with Crippen LogP contribution in [0.1, 0.15) is 28.7 Å². The van der Waals surface area contributed by atoms with Crippen molar-refractivity contribution < 1.29 is 19.1 Å². The number of aryl methyl sites for hydroxylation is 1. The van der Waals surface area contributed by atoms with Crippen LogP contribution in [0.5, 0.6) is 0 Å². The predicted molar refractivity (Wildman–Crippen MR) is 108 cm³/mol. The molecular weight excluding hydrogens is 405 g/mol. The molecule has 11 heteroatoms. The molecule has 1 atom stereocenters. The number of carboxylic acid groups (broad SMARTS) is 1. The number of nitrogens with zero attached hydrogens (tertiary/aromatic N) is 5. The molecule has 162 valence electrons. The zero-order valence-electron chi connectivity index (χ0n) is 17.0. The first-order valence-electron chi connectivity index (χ1n) is 9.57. The van der Waals surface area contributed by atoms with Crippen molar-refractivity contribution in [3.05, 3.63) is 59.2 Å². The van der Waals surface area contributed by atoms with Crippen molar-refractivity contribution in [3.63, 3.8) is 0 Å². The van der Waals surface area contributed by atoms with Gasteiger partial charge in [-0.3, -0.25) is 9.59 Å². The molecule has 0 saturated carbocycles. The molecule has 0 spiro atoms. The third-order valence-electron chi connectivity index (χ3n) is 4.40. The smallest absolute Gasteiger partial charge is 0.320 e. The molecule has 3 aromatic rings. The Kier molecular flexibility index (Phi) is 6.98. The summed E-state index contributed by atoms with van der Waals surface area (Å²) in [5.74, 6) is -1.34. The fourth-order valence-corrected chi connectivity index (χ4v) is 2.71. The minimum Gasteiger partial charge on any atom is -0.480 e. The van der Waals surface area contributed by atoms with Gasteiger partial charge in [-0.15, -0.1) is 10.2 Å². The summed E-state index contributed by atoms with van der Waals surface area (Å²) >= 11 is 0. The van der Waals surface area contributed by atoms with Crippen LogP contribution in [-0.4, -0.2) is 54.8 Å². The van der Waals surface area contributed by atoms with Gasteiger partial charge in [0.25, 0.3) is 5.91 Å². The molecule has 31 heavy (non-hydrogen) atoms. The monoisotopic (exact) mass is 427 g/mol. The lowest BCUT2D eigenvalue weighted by Gasteiger charge is -2.07. The topological polar surface area (TPSA) is 135 Å². The first-order valence-corrected chi connectivity index (χ1v) is 9.57. The number of aliphatic carboxylic acids is 1. The first kappa shape index (κ1) is 22.0.